The number of nitrogens with one attached hydrogen (secondary N) is 1. The number of benzene rings is 1. The first-order valence-electron chi connectivity index (χ1n) is 5.68. The number of carbonyl (C=O) groups excluding carboxylic acids is 1. The van der Waals surface area contributed by atoms with Crippen LogP contribution in [0.2, 0.25) is 0 Å². The van der Waals surface area contributed by atoms with Gasteiger partial charge in [0.15, 0.2) is 0 Å². The second kappa shape index (κ2) is 5.74. The highest BCUT2D eigenvalue weighted by molar-refractivity contribution is 7.99. The van der Waals surface area contributed by atoms with E-state index < -0.39 is 0 Å². The zero-order chi connectivity index (χ0) is 12.1. The van der Waals surface area contributed by atoms with Gasteiger partial charge in [0.25, 0.3) is 5.91 Å². The van der Waals surface area contributed by atoms with Crippen LogP contribution in [-0.2, 0) is 0 Å². The molecule has 0 aliphatic carbocycles. The molecule has 1 amide bonds. The number of rotatable bonds is 2. The first kappa shape index (κ1) is 12.0. The molecule has 88 valence electrons. The van der Waals surface area contributed by atoms with E-state index in [0.717, 1.165) is 12.2 Å². The average Bonchev–Trinajstić information content (AvgIpc) is 2.40. The van der Waals surface area contributed by atoms with Crippen LogP contribution in [0.4, 0.5) is 0 Å². The maximum absolute atomic E-state index is 11.9. The van der Waals surface area contributed by atoms with E-state index in [9.17, 15) is 4.79 Å². The predicted octanol–water partition coefficient (Wildman–Crippen LogP) is 2.18. The van der Waals surface area contributed by atoms with Gasteiger partial charge in [-0.1, -0.05) is 0 Å². The summed E-state index contributed by atoms with van der Waals surface area (Å²) in [6.45, 7) is 0. The molecule has 2 rings (SSSR count). The van der Waals surface area contributed by atoms with Gasteiger partial charge in [0, 0.05) is 17.4 Å². The lowest BCUT2D eigenvalue weighted by Crippen LogP contribution is -2.38. The van der Waals surface area contributed by atoms with Crippen molar-refractivity contribution < 1.29 is 4.79 Å². The Labute approximate surface area is 105 Å². The van der Waals surface area contributed by atoms with Gasteiger partial charge >= 0.3 is 0 Å². The van der Waals surface area contributed by atoms with Crippen LogP contribution >= 0.6 is 11.8 Å². The zero-order valence-electron chi connectivity index (χ0n) is 9.48. The van der Waals surface area contributed by atoms with E-state index in [2.05, 4.69) is 5.32 Å². The van der Waals surface area contributed by atoms with E-state index in [0.29, 0.717) is 11.1 Å². The average molecular weight is 246 g/mol. The van der Waals surface area contributed by atoms with Gasteiger partial charge in [-0.3, -0.25) is 4.79 Å². The summed E-state index contributed by atoms with van der Waals surface area (Å²) in [5, 5.41) is 11.7. The summed E-state index contributed by atoms with van der Waals surface area (Å²) < 4.78 is 0. The molecule has 0 saturated carbocycles. The standard InChI is InChI=1S/C13H14N2OS/c14-8-10-3-5-11(6-4-10)13(16)15-12-2-1-7-17-9-12/h3-6,12H,1-2,7,9H2,(H,15,16). The van der Waals surface area contributed by atoms with Crippen LogP contribution in [0.3, 0.4) is 0 Å². The van der Waals surface area contributed by atoms with E-state index >= 15 is 0 Å². The van der Waals surface area contributed by atoms with Crippen molar-refractivity contribution in [2.45, 2.75) is 18.9 Å². The molecule has 1 aliphatic rings. The molecule has 4 heteroatoms. The van der Waals surface area contributed by atoms with Gasteiger partial charge < -0.3 is 5.32 Å². The van der Waals surface area contributed by atoms with Crippen molar-refractivity contribution in [2.24, 2.45) is 0 Å². The van der Waals surface area contributed by atoms with E-state index in [-0.39, 0.29) is 11.9 Å². The van der Waals surface area contributed by atoms with Crippen LogP contribution in [0, 0.1) is 11.3 Å². The van der Waals surface area contributed by atoms with Crippen molar-refractivity contribution in [3.8, 4) is 6.07 Å². The highest BCUT2D eigenvalue weighted by Crippen LogP contribution is 2.17. The lowest BCUT2D eigenvalue weighted by atomic mass is 10.1. The van der Waals surface area contributed by atoms with Gasteiger partial charge in [0.2, 0.25) is 0 Å². The number of nitrogens with zero attached hydrogens (tertiary/aromatic N) is 1. The van der Waals surface area contributed by atoms with Gasteiger partial charge in [-0.2, -0.15) is 17.0 Å². The molecule has 0 spiro atoms. The van der Waals surface area contributed by atoms with Crippen molar-refractivity contribution in [2.75, 3.05) is 11.5 Å². The van der Waals surface area contributed by atoms with Gasteiger partial charge in [0.05, 0.1) is 11.6 Å². The molecule has 1 saturated heterocycles. The molecule has 1 fully saturated rings. The zero-order valence-corrected chi connectivity index (χ0v) is 10.3. The van der Waals surface area contributed by atoms with Crippen LogP contribution in [0.15, 0.2) is 24.3 Å². The van der Waals surface area contributed by atoms with Gasteiger partial charge in [-0.25, -0.2) is 0 Å². The van der Waals surface area contributed by atoms with Crippen molar-refractivity contribution in [3.05, 3.63) is 35.4 Å². The molecule has 3 nitrogen and oxygen atoms in total. The van der Waals surface area contributed by atoms with E-state index in [1.807, 2.05) is 17.8 Å². The number of hydrogen-bond acceptors (Lipinski definition) is 3. The van der Waals surface area contributed by atoms with Crippen molar-refractivity contribution in [1.29, 1.82) is 5.26 Å². The number of nitriles is 1. The molecule has 1 aromatic rings. The molecule has 1 atom stereocenters. The fourth-order valence-electron chi connectivity index (χ4n) is 1.82. The van der Waals surface area contributed by atoms with Crippen LogP contribution in [0.1, 0.15) is 28.8 Å². The minimum Gasteiger partial charge on any atom is -0.348 e. The second-order valence-electron chi connectivity index (χ2n) is 4.08. The van der Waals surface area contributed by atoms with Crippen LogP contribution in [-0.4, -0.2) is 23.5 Å². The Kier molecular flexibility index (Phi) is 4.05. The molecule has 1 heterocycles. The Bertz CT molecular complexity index is 430. The molecule has 1 N–H and O–H groups in total. The largest absolute Gasteiger partial charge is 0.348 e. The Morgan fingerprint density at radius 1 is 1.41 bits per heavy atom. The first-order chi connectivity index (χ1) is 8.29. The normalized spacial score (nSPS) is 19.4. The fraction of sp³-hybridized carbons (Fsp3) is 0.385. The maximum Gasteiger partial charge on any atom is 0.251 e. The van der Waals surface area contributed by atoms with E-state index in [4.69, 9.17) is 5.26 Å². The van der Waals surface area contributed by atoms with Crippen LogP contribution < -0.4 is 5.32 Å². The lowest BCUT2D eigenvalue weighted by Gasteiger charge is -2.22. The van der Waals surface area contributed by atoms with Crippen molar-refractivity contribution in [3.63, 3.8) is 0 Å². The third-order valence-electron chi connectivity index (χ3n) is 2.77. The van der Waals surface area contributed by atoms with Gasteiger partial charge in [0.1, 0.15) is 0 Å². The van der Waals surface area contributed by atoms with Gasteiger partial charge in [-0.05, 0) is 42.9 Å². The highest BCUT2D eigenvalue weighted by atomic mass is 32.2. The Balaban J connectivity index is 1.96. The highest BCUT2D eigenvalue weighted by Gasteiger charge is 2.16. The minimum atomic E-state index is -0.0398. The Hall–Kier alpha value is -1.47. The molecular formula is C13H14N2OS. The smallest absolute Gasteiger partial charge is 0.251 e. The van der Waals surface area contributed by atoms with Gasteiger partial charge in [-0.15, -0.1) is 0 Å². The van der Waals surface area contributed by atoms with Crippen molar-refractivity contribution >= 4 is 17.7 Å². The SMILES string of the molecule is N#Cc1ccc(C(=O)NC2CCCSC2)cc1. The summed E-state index contributed by atoms with van der Waals surface area (Å²) in [5.41, 5.74) is 1.20. The summed E-state index contributed by atoms with van der Waals surface area (Å²) in [6.07, 6.45) is 2.23. The van der Waals surface area contributed by atoms with E-state index in [1.54, 1.807) is 24.3 Å². The third-order valence-corrected chi connectivity index (χ3v) is 3.99. The molecule has 17 heavy (non-hydrogen) atoms. The van der Waals surface area contributed by atoms with Crippen molar-refractivity contribution in [1.82, 2.24) is 5.32 Å². The van der Waals surface area contributed by atoms with Crippen LogP contribution in [0.25, 0.3) is 0 Å². The minimum absolute atomic E-state index is 0.0398. The first-order valence-corrected chi connectivity index (χ1v) is 6.84. The summed E-state index contributed by atoms with van der Waals surface area (Å²) in [7, 11) is 0. The summed E-state index contributed by atoms with van der Waals surface area (Å²) in [5.74, 6) is 2.16. The Morgan fingerprint density at radius 3 is 2.76 bits per heavy atom. The molecule has 1 aliphatic heterocycles. The topological polar surface area (TPSA) is 52.9 Å². The molecule has 0 aromatic heterocycles. The van der Waals surface area contributed by atoms with E-state index in [1.165, 1.54) is 12.2 Å². The maximum atomic E-state index is 11.9. The number of amides is 1. The predicted molar refractivity (Wildman–Crippen MR) is 69.0 cm³/mol. The number of carbonyl (C=O) groups is 1. The molecule has 0 bridgehead atoms. The molecule has 1 unspecified atom stereocenters. The quantitative estimate of drug-likeness (QED) is 0.870. The molecule has 1 aromatic carbocycles. The number of hydrogen-bond donors (Lipinski definition) is 1. The van der Waals surface area contributed by atoms with Crippen LogP contribution in [0.5, 0.6) is 0 Å². The Morgan fingerprint density at radius 2 is 2.18 bits per heavy atom. The summed E-state index contributed by atoms with van der Waals surface area (Å²) in [4.78, 5) is 11.9. The summed E-state index contributed by atoms with van der Waals surface area (Å²) >= 11 is 1.89. The monoisotopic (exact) mass is 246 g/mol. The fourth-order valence-corrected chi connectivity index (χ4v) is 2.89. The summed E-state index contributed by atoms with van der Waals surface area (Å²) in [6, 6.07) is 9.07. The second-order valence-corrected chi connectivity index (χ2v) is 5.23. The molecular weight excluding hydrogens is 232 g/mol. The molecule has 0 radical (unpaired) electrons. The number of thioether (sulfide) groups is 1. The lowest BCUT2D eigenvalue weighted by molar-refractivity contribution is 0.0938. The third kappa shape index (κ3) is 3.24.